The number of aryl methyl sites for hydroxylation is 2. The number of aromatic nitrogens is 3. The van der Waals surface area contributed by atoms with Gasteiger partial charge in [0, 0.05) is 12.6 Å². The van der Waals surface area contributed by atoms with E-state index in [2.05, 4.69) is 10.4 Å². The van der Waals surface area contributed by atoms with Gasteiger partial charge in [0.05, 0.1) is 22.3 Å². The molecule has 0 saturated heterocycles. The summed E-state index contributed by atoms with van der Waals surface area (Å²) in [6.45, 7) is 1.82. The molecule has 2 heterocycles. The highest BCUT2D eigenvalue weighted by Gasteiger charge is 2.43. The van der Waals surface area contributed by atoms with E-state index in [0.717, 1.165) is 18.4 Å². The Morgan fingerprint density at radius 2 is 1.86 bits per heavy atom. The van der Waals surface area contributed by atoms with Gasteiger partial charge in [-0.2, -0.15) is 5.10 Å². The summed E-state index contributed by atoms with van der Waals surface area (Å²) in [6.07, 6.45) is 2.47. The van der Waals surface area contributed by atoms with E-state index in [-0.39, 0.29) is 0 Å². The van der Waals surface area contributed by atoms with E-state index in [9.17, 15) is 14.7 Å². The second-order valence-corrected chi connectivity index (χ2v) is 7.38. The second kappa shape index (κ2) is 6.74. The van der Waals surface area contributed by atoms with Crippen molar-refractivity contribution in [2.75, 3.05) is 0 Å². The molecule has 0 spiro atoms. The molecule has 1 amide bonds. The topological polar surface area (TPSA) is 97.1 Å². The molecule has 0 radical (unpaired) electrons. The number of carbonyl (C=O) groups excluding carboxylic acids is 1. The summed E-state index contributed by atoms with van der Waals surface area (Å²) in [4.78, 5) is 29.8. The van der Waals surface area contributed by atoms with Gasteiger partial charge in [0.2, 0.25) is 0 Å². The number of carboxylic acids is 1. The van der Waals surface area contributed by atoms with Gasteiger partial charge in [0.15, 0.2) is 5.65 Å². The van der Waals surface area contributed by atoms with Gasteiger partial charge in [-0.3, -0.25) is 9.48 Å². The first-order chi connectivity index (χ1) is 13.4. The van der Waals surface area contributed by atoms with Crippen molar-refractivity contribution in [1.82, 2.24) is 20.1 Å². The van der Waals surface area contributed by atoms with E-state index in [1.807, 2.05) is 37.3 Å². The van der Waals surface area contributed by atoms with Crippen LogP contribution in [0.25, 0.3) is 22.3 Å². The Labute approximate surface area is 162 Å². The largest absolute Gasteiger partial charge is 0.480 e. The van der Waals surface area contributed by atoms with Crippen molar-refractivity contribution in [3.63, 3.8) is 0 Å². The zero-order chi connectivity index (χ0) is 19.9. The van der Waals surface area contributed by atoms with Crippen molar-refractivity contribution in [3.8, 4) is 11.3 Å². The van der Waals surface area contributed by atoms with E-state index in [0.29, 0.717) is 40.8 Å². The molecule has 7 heteroatoms. The van der Waals surface area contributed by atoms with Crippen LogP contribution in [0.4, 0.5) is 0 Å². The van der Waals surface area contributed by atoms with Crippen LogP contribution < -0.4 is 5.32 Å². The number of carboxylic acid groups (broad SMARTS) is 1. The monoisotopic (exact) mass is 378 g/mol. The van der Waals surface area contributed by atoms with Crippen LogP contribution in [0.5, 0.6) is 0 Å². The fourth-order valence-corrected chi connectivity index (χ4v) is 4.04. The molecule has 28 heavy (non-hydrogen) atoms. The van der Waals surface area contributed by atoms with Crippen LogP contribution >= 0.6 is 0 Å². The lowest BCUT2D eigenvalue weighted by molar-refractivity contribution is -0.144. The predicted molar refractivity (Wildman–Crippen MR) is 105 cm³/mol. The number of pyridine rings is 1. The molecule has 144 valence electrons. The molecule has 7 nitrogen and oxygen atoms in total. The standard InChI is InChI=1S/C21H22N4O3/c1-13-17-15(19(26)23-21(20(27)28)10-6-7-11-21)12-16(14-8-4-3-5-9-14)22-18(17)25(2)24-13/h3-5,8-9,12H,6-7,10-11H2,1-2H3,(H,23,26)(H,27,28). The van der Waals surface area contributed by atoms with Gasteiger partial charge in [-0.1, -0.05) is 43.2 Å². The molecule has 2 N–H and O–H groups in total. The molecule has 0 unspecified atom stereocenters. The van der Waals surface area contributed by atoms with E-state index in [1.165, 1.54) is 0 Å². The number of rotatable bonds is 4. The molecular formula is C21H22N4O3. The highest BCUT2D eigenvalue weighted by Crippen LogP contribution is 2.32. The van der Waals surface area contributed by atoms with Gasteiger partial charge in [-0.05, 0) is 25.8 Å². The maximum Gasteiger partial charge on any atom is 0.329 e. The quantitative estimate of drug-likeness (QED) is 0.727. The highest BCUT2D eigenvalue weighted by atomic mass is 16.4. The third-order valence-electron chi connectivity index (χ3n) is 5.50. The molecule has 4 rings (SSSR count). The molecule has 1 fully saturated rings. The van der Waals surface area contributed by atoms with Gasteiger partial charge in [-0.15, -0.1) is 0 Å². The maximum absolute atomic E-state index is 13.2. The Bertz CT molecular complexity index is 1070. The Kier molecular flexibility index (Phi) is 4.37. The third kappa shape index (κ3) is 2.93. The number of fused-ring (bicyclic) bond motifs is 1. The van der Waals surface area contributed by atoms with Gasteiger partial charge in [-0.25, -0.2) is 9.78 Å². The average Bonchev–Trinajstić information content (AvgIpc) is 3.27. The zero-order valence-electron chi connectivity index (χ0n) is 15.9. The Balaban J connectivity index is 1.85. The van der Waals surface area contributed by atoms with E-state index in [4.69, 9.17) is 4.98 Å². The average molecular weight is 378 g/mol. The Morgan fingerprint density at radius 3 is 2.50 bits per heavy atom. The Morgan fingerprint density at radius 1 is 1.18 bits per heavy atom. The van der Waals surface area contributed by atoms with Crippen molar-refractivity contribution in [1.29, 1.82) is 0 Å². The van der Waals surface area contributed by atoms with Crippen molar-refractivity contribution < 1.29 is 14.7 Å². The van der Waals surface area contributed by atoms with E-state index >= 15 is 0 Å². The SMILES string of the molecule is Cc1nn(C)c2nc(-c3ccccc3)cc(C(=O)NC3(C(=O)O)CCCC3)c12. The van der Waals surface area contributed by atoms with Gasteiger partial charge >= 0.3 is 5.97 Å². The minimum atomic E-state index is -1.20. The first-order valence-corrected chi connectivity index (χ1v) is 9.37. The first-order valence-electron chi connectivity index (χ1n) is 9.37. The molecule has 0 aliphatic heterocycles. The van der Waals surface area contributed by atoms with Crippen LogP contribution in [0.3, 0.4) is 0 Å². The van der Waals surface area contributed by atoms with Crippen LogP contribution in [0.1, 0.15) is 41.7 Å². The number of hydrogen-bond acceptors (Lipinski definition) is 4. The van der Waals surface area contributed by atoms with Crippen LogP contribution in [0.2, 0.25) is 0 Å². The summed E-state index contributed by atoms with van der Waals surface area (Å²) < 4.78 is 1.65. The van der Waals surface area contributed by atoms with Crippen LogP contribution in [0, 0.1) is 6.92 Å². The predicted octanol–water partition coefficient (Wildman–Crippen LogP) is 3.07. The minimum Gasteiger partial charge on any atom is -0.480 e. The maximum atomic E-state index is 13.2. The molecule has 1 saturated carbocycles. The van der Waals surface area contributed by atoms with Gasteiger partial charge in [0.1, 0.15) is 5.54 Å². The number of nitrogens with one attached hydrogen (secondary N) is 1. The highest BCUT2D eigenvalue weighted by molar-refractivity contribution is 6.09. The molecule has 1 aliphatic rings. The van der Waals surface area contributed by atoms with Crippen LogP contribution in [0.15, 0.2) is 36.4 Å². The molecule has 2 aromatic heterocycles. The van der Waals surface area contributed by atoms with Crippen molar-refractivity contribution >= 4 is 22.9 Å². The van der Waals surface area contributed by atoms with Crippen molar-refractivity contribution in [2.45, 2.75) is 38.1 Å². The fraction of sp³-hybridized carbons (Fsp3) is 0.333. The molecule has 0 atom stereocenters. The zero-order valence-corrected chi connectivity index (χ0v) is 15.9. The lowest BCUT2D eigenvalue weighted by Crippen LogP contribution is -2.52. The number of amides is 1. The number of carbonyl (C=O) groups is 2. The Hall–Kier alpha value is -3.22. The second-order valence-electron chi connectivity index (χ2n) is 7.38. The summed E-state index contributed by atoms with van der Waals surface area (Å²) in [5, 5.41) is 17.6. The lowest BCUT2D eigenvalue weighted by atomic mass is 9.96. The van der Waals surface area contributed by atoms with Crippen molar-refractivity contribution in [3.05, 3.63) is 47.7 Å². The molecule has 3 aromatic rings. The number of hydrogen-bond donors (Lipinski definition) is 2. The summed E-state index contributed by atoms with van der Waals surface area (Å²) in [5.41, 5.74) is 2.02. The van der Waals surface area contributed by atoms with Crippen LogP contribution in [-0.4, -0.2) is 37.3 Å². The minimum absolute atomic E-state index is 0.398. The lowest BCUT2D eigenvalue weighted by Gasteiger charge is -2.25. The molecule has 1 aliphatic carbocycles. The number of aliphatic carboxylic acids is 1. The van der Waals surface area contributed by atoms with Gasteiger partial charge < -0.3 is 10.4 Å². The number of benzene rings is 1. The molecule has 0 bridgehead atoms. The number of nitrogens with zero attached hydrogens (tertiary/aromatic N) is 3. The van der Waals surface area contributed by atoms with E-state index < -0.39 is 17.4 Å². The summed E-state index contributed by atoms with van der Waals surface area (Å²) in [5.74, 6) is -1.38. The van der Waals surface area contributed by atoms with Crippen LogP contribution in [-0.2, 0) is 11.8 Å². The van der Waals surface area contributed by atoms with Crippen molar-refractivity contribution in [2.24, 2.45) is 7.05 Å². The smallest absolute Gasteiger partial charge is 0.329 e. The third-order valence-corrected chi connectivity index (χ3v) is 5.50. The van der Waals surface area contributed by atoms with Gasteiger partial charge in [0.25, 0.3) is 5.91 Å². The molecular weight excluding hydrogens is 356 g/mol. The summed E-state index contributed by atoms with van der Waals surface area (Å²) >= 11 is 0. The summed E-state index contributed by atoms with van der Waals surface area (Å²) in [6, 6.07) is 11.3. The first kappa shape index (κ1) is 18.2. The summed E-state index contributed by atoms with van der Waals surface area (Å²) in [7, 11) is 1.79. The molecule has 1 aromatic carbocycles. The van der Waals surface area contributed by atoms with E-state index in [1.54, 1.807) is 17.8 Å². The normalized spacial score (nSPS) is 15.6. The fourth-order valence-electron chi connectivity index (χ4n) is 4.04.